The van der Waals surface area contributed by atoms with Crippen molar-refractivity contribution in [1.82, 2.24) is 10.2 Å². The summed E-state index contributed by atoms with van der Waals surface area (Å²) in [6.07, 6.45) is 5.39. The van der Waals surface area contributed by atoms with Crippen molar-refractivity contribution in [3.05, 3.63) is 29.8 Å². The van der Waals surface area contributed by atoms with Gasteiger partial charge in [-0.15, -0.1) is 0 Å². The lowest BCUT2D eigenvalue weighted by atomic mass is 10.0. The van der Waals surface area contributed by atoms with Crippen molar-refractivity contribution in [3.63, 3.8) is 0 Å². The van der Waals surface area contributed by atoms with Crippen LogP contribution in [0.1, 0.15) is 45.1 Å². The predicted octanol–water partition coefficient (Wildman–Crippen LogP) is 3.44. The molecular formula is C18H30N2O. The zero-order chi connectivity index (χ0) is 14.9. The summed E-state index contributed by atoms with van der Waals surface area (Å²) in [6.45, 7) is 9.65. The first-order valence-electron chi connectivity index (χ1n) is 8.46. The van der Waals surface area contributed by atoms with Gasteiger partial charge in [0.1, 0.15) is 5.75 Å². The minimum atomic E-state index is 0.727. The summed E-state index contributed by atoms with van der Waals surface area (Å²) in [7, 11) is 0. The Kier molecular flexibility index (Phi) is 7.04. The monoisotopic (exact) mass is 290 g/mol. The second-order valence-electron chi connectivity index (χ2n) is 5.99. The van der Waals surface area contributed by atoms with Gasteiger partial charge in [-0.1, -0.05) is 18.6 Å². The summed E-state index contributed by atoms with van der Waals surface area (Å²) in [6, 6.07) is 9.15. The molecule has 1 saturated heterocycles. The molecular weight excluding hydrogens is 260 g/mol. The Morgan fingerprint density at radius 1 is 1.33 bits per heavy atom. The summed E-state index contributed by atoms with van der Waals surface area (Å²) in [5.74, 6) is 0.971. The van der Waals surface area contributed by atoms with Gasteiger partial charge in [-0.25, -0.2) is 0 Å². The summed E-state index contributed by atoms with van der Waals surface area (Å²) < 4.78 is 5.53. The van der Waals surface area contributed by atoms with E-state index in [1.165, 1.54) is 44.3 Å². The summed E-state index contributed by atoms with van der Waals surface area (Å²) >= 11 is 0. The molecule has 1 atom stereocenters. The fraction of sp³-hybridized carbons (Fsp3) is 0.667. The van der Waals surface area contributed by atoms with Gasteiger partial charge in [-0.2, -0.15) is 0 Å². The molecule has 1 unspecified atom stereocenters. The maximum atomic E-state index is 5.53. The van der Waals surface area contributed by atoms with Gasteiger partial charge in [0.15, 0.2) is 0 Å². The Morgan fingerprint density at radius 3 is 3.05 bits per heavy atom. The van der Waals surface area contributed by atoms with Crippen LogP contribution < -0.4 is 10.1 Å². The molecule has 0 bridgehead atoms. The highest BCUT2D eigenvalue weighted by atomic mass is 16.5. The number of hydrogen-bond donors (Lipinski definition) is 1. The number of rotatable bonds is 8. The van der Waals surface area contributed by atoms with Crippen LogP contribution in [0.25, 0.3) is 0 Å². The molecule has 1 N–H and O–H groups in total. The molecule has 3 nitrogen and oxygen atoms in total. The molecule has 1 heterocycles. The van der Waals surface area contributed by atoms with Crippen molar-refractivity contribution in [3.8, 4) is 5.75 Å². The molecule has 1 aromatic carbocycles. The van der Waals surface area contributed by atoms with Gasteiger partial charge >= 0.3 is 0 Å². The third kappa shape index (κ3) is 5.68. The largest absolute Gasteiger partial charge is 0.494 e. The number of nitrogens with one attached hydrogen (secondary N) is 1. The normalized spacial score (nSPS) is 19.6. The van der Waals surface area contributed by atoms with Crippen LogP contribution in [0, 0.1) is 0 Å². The van der Waals surface area contributed by atoms with E-state index in [1.54, 1.807) is 0 Å². The van der Waals surface area contributed by atoms with Crippen LogP contribution in [-0.2, 0) is 6.54 Å². The van der Waals surface area contributed by atoms with Gasteiger partial charge in [0.05, 0.1) is 6.61 Å². The second-order valence-corrected chi connectivity index (χ2v) is 5.99. The van der Waals surface area contributed by atoms with Gasteiger partial charge in [0.25, 0.3) is 0 Å². The highest BCUT2D eigenvalue weighted by molar-refractivity contribution is 5.28. The fourth-order valence-corrected chi connectivity index (χ4v) is 3.04. The van der Waals surface area contributed by atoms with E-state index in [2.05, 4.69) is 35.3 Å². The Bertz CT molecular complexity index is 408. The molecule has 3 heteroatoms. The van der Waals surface area contributed by atoms with Gasteiger partial charge in [0.2, 0.25) is 0 Å². The molecule has 0 saturated carbocycles. The molecule has 0 aromatic heterocycles. The van der Waals surface area contributed by atoms with Crippen LogP contribution in [0.3, 0.4) is 0 Å². The lowest BCUT2D eigenvalue weighted by Gasteiger charge is -2.33. The van der Waals surface area contributed by atoms with Crippen LogP contribution in [0.15, 0.2) is 24.3 Å². The topological polar surface area (TPSA) is 24.5 Å². The van der Waals surface area contributed by atoms with Crippen LogP contribution >= 0.6 is 0 Å². The van der Waals surface area contributed by atoms with Crippen molar-refractivity contribution in [2.24, 2.45) is 0 Å². The van der Waals surface area contributed by atoms with Gasteiger partial charge < -0.3 is 15.0 Å². The molecule has 1 fully saturated rings. The molecule has 2 rings (SSSR count). The van der Waals surface area contributed by atoms with Crippen LogP contribution in [0.2, 0.25) is 0 Å². The molecule has 1 aromatic rings. The van der Waals surface area contributed by atoms with Crippen LogP contribution in [0.4, 0.5) is 0 Å². The zero-order valence-electron chi connectivity index (χ0n) is 13.6. The average molecular weight is 290 g/mol. The maximum Gasteiger partial charge on any atom is 0.119 e. The number of likely N-dealkylation sites (tertiary alicyclic amines) is 1. The molecule has 0 radical (unpaired) electrons. The summed E-state index contributed by atoms with van der Waals surface area (Å²) in [5.41, 5.74) is 1.30. The molecule has 0 spiro atoms. The highest BCUT2D eigenvalue weighted by Gasteiger charge is 2.16. The van der Waals surface area contributed by atoms with E-state index in [9.17, 15) is 0 Å². The Hall–Kier alpha value is -1.06. The van der Waals surface area contributed by atoms with E-state index >= 15 is 0 Å². The van der Waals surface area contributed by atoms with Crippen LogP contribution in [0.5, 0.6) is 5.75 Å². The van der Waals surface area contributed by atoms with E-state index in [0.29, 0.717) is 0 Å². The minimum absolute atomic E-state index is 0.727. The lowest BCUT2D eigenvalue weighted by Crippen LogP contribution is -2.38. The Morgan fingerprint density at radius 2 is 2.24 bits per heavy atom. The lowest BCUT2D eigenvalue weighted by molar-refractivity contribution is 0.159. The summed E-state index contributed by atoms with van der Waals surface area (Å²) in [4.78, 5) is 2.64. The van der Waals surface area contributed by atoms with Crippen LogP contribution in [-0.4, -0.2) is 37.2 Å². The number of benzene rings is 1. The van der Waals surface area contributed by atoms with E-state index < -0.39 is 0 Å². The van der Waals surface area contributed by atoms with Gasteiger partial charge in [-0.3, -0.25) is 0 Å². The standard InChI is InChI=1S/C18H30N2O/c1-3-21-18-10-6-9-17(14-18)15-19-11-7-13-20-12-5-4-8-16(20)2/h6,9-10,14,16,19H,3-5,7-8,11-13,15H2,1-2H3. The van der Waals surface area contributed by atoms with E-state index in [-0.39, 0.29) is 0 Å². The molecule has 21 heavy (non-hydrogen) atoms. The maximum absolute atomic E-state index is 5.53. The SMILES string of the molecule is CCOc1cccc(CNCCCN2CCCCC2C)c1. The molecule has 0 amide bonds. The molecule has 118 valence electrons. The van der Waals surface area contributed by atoms with Crippen molar-refractivity contribution in [1.29, 1.82) is 0 Å². The number of piperidine rings is 1. The van der Waals surface area contributed by atoms with Crippen molar-refractivity contribution in [2.75, 3.05) is 26.2 Å². The third-order valence-electron chi connectivity index (χ3n) is 4.28. The smallest absolute Gasteiger partial charge is 0.119 e. The van der Waals surface area contributed by atoms with Crippen molar-refractivity contribution < 1.29 is 4.74 Å². The van der Waals surface area contributed by atoms with Gasteiger partial charge in [-0.05, 0) is 70.4 Å². The molecule has 1 aliphatic rings. The predicted molar refractivity (Wildman–Crippen MR) is 88.8 cm³/mol. The second kappa shape index (κ2) is 9.06. The van der Waals surface area contributed by atoms with E-state index in [0.717, 1.165) is 31.5 Å². The first-order valence-corrected chi connectivity index (χ1v) is 8.46. The average Bonchev–Trinajstić information content (AvgIpc) is 2.49. The summed E-state index contributed by atoms with van der Waals surface area (Å²) in [5, 5.41) is 3.54. The first-order chi connectivity index (χ1) is 10.3. The van der Waals surface area contributed by atoms with E-state index in [1.807, 2.05) is 13.0 Å². The van der Waals surface area contributed by atoms with E-state index in [4.69, 9.17) is 4.74 Å². The number of nitrogens with zero attached hydrogens (tertiary/aromatic N) is 1. The number of hydrogen-bond acceptors (Lipinski definition) is 3. The van der Waals surface area contributed by atoms with Gasteiger partial charge in [0, 0.05) is 12.6 Å². The van der Waals surface area contributed by atoms with Crippen molar-refractivity contribution in [2.45, 2.75) is 52.1 Å². The fourth-order valence-electron chi connectivity index (χ4n) is 3.04. The third-order valence-corrected chi connectivity index (χ3v) is 4.28. The zero-order valence-corrected chi connectivity index (χ0v) is 13.6. The first kappa shape index (κ1) is 16.3. The number of ether oxygens (including phenoxy) is 1. The van der Waals surface area contributed by atoms with Crippen molar-refractivity contribution >= 4 is 0 Å². The Labute approximate surface area is 129 Å². The quantitative estimate of drug-likeness (QED) is 0.742. The Balaban J connectivity index is 1.62. The molecule has 1 aliphatic heterocycles. The highest BCUT2D eigenvalue weighted by Crippen LogP contribution is 2.16. The minimum Gasteiger partial charge on any atom is -0.494 e. The molecule has 0 aliphatic carbocycles.